The number of benzene rings is 1. The molecule has 1 aromatic carbocycles. The smallest absolute Gasteiger partial charge is 0.328 e. The van der Waals surface area contributed by atoms with Crippen LogP contribution in [0.2, 0.25) is 0 Å². The van der Waals surface area contributed by atoms with Crippen molar-refractivity contribution in [2.24, 2.45) is 0 Å². The highest BCUT2D eigenvalue weighted by Gasteiger charge is 2.20. The van der Waals surface area contributed by atoms with E-state index in [9.17, 15) is 9.59 Å². The van der Waals surface area contributed by atoms with Gasteiger partial charge in [-0.25, -0.2) is 4.79 Å². The summed E-state index contributed by atoms with van der Waals surface area (Å²) in [7, 11) is 11.8. The van der Waals surface area contributed by atoms with E-state index in [4.69, 9.17) is 15.7 Å². The van der Waals surface area contributed by atoms with Crippen molar-refractivity contribution >= 4 is 27.5 Å². The lowest BCUT2D eigenvalue weighted by Crippen LogP contribution is -2.42. The second-order valence-corrected chi connectivity index (χ2v) is 3.81. The summed E-state index contributed by atoms with van der Waals surface area (Å²) in [5.74, 6) is -1.29. The third-order valence-electron chi connectivity index (χ3n) is 2.50. The third kappa shape index (κ3) is 4.28. The lowest BCUT2D eigenvalue weighted by molar-refractivity contribution is -0.142. The number of amides is 1. The maximum Gasteiger partial charge on any atom is 0.328 e. The number of ether oxygens (including phenoxy) is 1. The molecule has 1 rings (SSSR count). The normalized spacial score (nSPS) is 11.6. The molecule has 4 radical (unpaired) electrons. The SMILES string of the molecule is [B]Cc1ccc(CC(NC([B])=O)C(=O)OC)cc1. The summed E-state index contributed by atoms with van der Waals surface area (Å²) < 4.78 is 4.60. The van der Waals surface area contributed by atoms with Gasteiger partial charge in [-0.3, -0.25) is 4.79 Å². The summed E-state index contributed by atoms with van der Waals surface area (Å²) >= 11 is 0. The van der Waals surface area contributed by atoms with Crippen LogP contribution in [-0.2, 0) is 22.3 Å². The van der Waals surface area contributed by atoms with Crippen LogP contribution < -0.4 is 5.32 Å². The molecule has 0 spiro atoms. The van der Waals surface area contributed by atoms with E-state index in [1.165, 1.54) is 7.11 Å². The van der Waals surface area contributed by atoms with Crippen molar-refractivity contribution in [1.29, 1.82) is 0 Å². The Morgan fingerprint density at radius 2 is 1.83 bits per heavy atom. The highest BCUT2D eigenvalue weighted by Crippen LogP contribution is 2.08. The van der Waals surface area contributed by atoms with Gasteiger partial charge in [-0.2, -0.15) is 0 Å². The van der Waals surface area contributed by atoms with Gasteiger partial charge in [0.05, 0.1) is 15.0 Å². The van der Waals surface area contributed by atoms with Crippen molar-refractivity contribution in [2.75, 3.05) is 7.11 Å². The molecule has 0 heterocycles. The molecule has 1 unspecified atom stereocenters. The Morgan fingerprint density at radius 1 is 1.28 bits per heavy atom. The topological polar surface area (TPSA) is 55.4 Å². The minimum absolute atomic E-state index is 0.320. The Morgan fingerprint density at radius 3 is 2.28 bits per heavy atom. The molecule has 0 saturated heterocycles. The van der Waals surface area contributed by atoms with Gasteiger partial charge in [0.2, 0.25) is 7.85 Å². The van der Waals surface area contributed by atoms with Crippen LogP contribution in [0.5, 0.6) is 0 Å². The second-order valence-electron chi connectivity index (χ2n) is 3.81. The fourth-order valence-electron chi connectivity index (χ4n) is 1.55. The predicted octanol–water partition coefficient (Wildman–Crippen LogP) is 0.317. The maximum atomic E-state index is 11.5. The van der Waals surface area contributed by atoms with E-state index in [0.29, 0.717) is 12.7 Å². The molecule has 0 aliphatic heterocycles. The number of carbonyl (C=O) groups excluding carboxylic acids is 2. The van der Waals surface area contributed by atoms with Crippen molar-refractivity contribution in [1.82, 2.24) is 5.32 Å². The molecular formula is C12H13B2NO3. The summed E-state index contributed by atoms with van der Waals surface area (Å²) in [4.78, 5) is 22.3. The molecule has 1 atom stereocenters. The van der Waals surface area contributed by atoms with E-state index in [2.05, 4.69) is 10.1 Å². The molecular weight excluding hydrogens is 228 g/mol. The fraction of sp³-hybridized carbons (Fsp3) is 0.333. The van der Waals surface area contributed by atoms with Gasteiger partial charge in [0.25, 0.3) is 0 Å². The first kappa shape index (κ1) is 14.4. The standard InChI is InChI=1S/C12H13B2NO3/c1-18-11(16)10(15-12(14)17)6-8-2-4-9(7-13)5-3-8/h2-5,10H,6-7H2,1H3,(H,15,17). The van der Waals surface area contributed by atoms with E-state index in [-0.39, 0.29) is 0 Å². The molecule has 0 aliphatic rings. The van der Waals surface area contributed by atoms with Gasteiger partial charge in [0, 0.05) is 6.42 Å². The third-order valence-corrected chi connectivity index (χ3v) is 2.50. The van der Waals surface area contributed by atoms with E-state index in [1.807, 2.05) is 24.3 Å². The quantitative estimate of drug-likeness (QED) is 0.596. The molecule has 0 aliphatic carbocycles. The highest BCUT2D eigenvalue weighted by atomic mass is 16.5. The molecule has 90 valence electrons. The van der Waals surface area contributed by atoms with Crippen LogP contribution in [-0.4, -0.2) is 40.6 Å². The highest BCUT2D eigenvalue weighted by molar-refractivity contribution is 6.57. The summed E-state index contributed by atoms with van der Waals surface area (Å²) in [6.45, 7) is 0. The van der Waals surface area contributed by atoms with Crippen LogP contribution in [0, 0.1) is 0 Å². The molecule has 4 nitrogen and oxygen atoms in total. The Bertz CT molecular complexity index is 420. The van der Waals surface area contributed by atoms with Crippen LogP contribution in [0.4, 0.5) is 4.79 Å². The monoisotopic (exact) mass is 241 g/mol. The Labute approximate surface area is 109 Å². The maximum absolute atomic E-state index is 11.5. The predicted molar refractivity (Wildman–Crippen MR) is 69.7 cm³/mol. The average molecular weight is 241 g/mol. The first-order valence-electron chi connectivity index (χ1n) is 5.48. The zero-order chi connectivity index (χ0) is 13.5. The van der Waals surface area contributed by atoms with Gasteiger partial charge in [-0.15, -0.1) is 0 Å². The number of esters is 1. The van der Waals surface area contributed by atoms with Crippen molar-refractivity contribution in [2.45, 2.75) is 18.8 Å². The van der Waals surface area contributed by atoms with Gasteiger partial charge in [-0.05, 0) is 5.56 Å². The average Bonchev–Trinajstić information content (AvgIpc) is 2.37. The van der Waals surface area contributed by atoms with Crippen LogP contribution in [0.15, 0.2) is 24.3 Å². The van der Waals surface area contributed by atoms with Gasteiger partial charge in [-0.1, -0.05) is 36.1 Å². The summed E-state index contributed by atoms with van der Waals surface area (Å²) in [5.41, 5.74) is 1.88. The lowest BCUT2D eigenvalue weighted by Gasteiger charge is -2.15. The Hall–Kier alpha value is -1.71. The zero-order valence-electron chi connectivity index (χ0n) is 10.2. The van der Waals surface area contributed by atoms with E-state index >= 15 is 0 Å². The number of carbonyl (C=O) groups is 2. The number of rotatable bonds is 5. The van der Waals surface area contributed by atoms with E-state index < -0.39 is 17.8 Å². The largest absolute Gasteiger partial charge is 0.467 e. The van der Waals surface area contributed by atoms with Gasteiger partial charge >= 0.3 is 5.97 Å². The second kappa shape index (κ2) is 6.89. The molecule has 6 heteroatoms. The summed E-state index contributed by atoms with van der Waals surface area (Å²) in [5, 5.41) is 2.35. The van der Waals surface area contributed by atoms with Crippen LogP contribution >= 0.6 is 0 Å². The fourth-order valence-corrected chi connectivity index (χ4v) is 1.55. The minimum atomic E-state index is -0.781. The summed E-state index contributed by atoms with van der Waals surface area (Å²) in [6, 6.07) is 6.65. The molecule has 0 fully saturated rings. The molecule has 0 saturated carbocycles. The molecule has 1 N–H and O–H groups in total. The van der Waals surface area contributed by atoms with Gasteiger partial charge in [0.1, 0.15) is 6.04 Å². The molecule has 18 heavy (non-hydrogen) atoms. The Kier molecular flexibility index (Phi) is 5.49. The number of hydrogen-bond acceptors (Lipinski definition) is 3. The van der Waals surface area contributed by atoms with Crippen molar-refractivity contribution in [3.8, 4) is 0 Å². The Balaban J connectivity index is 2.75. The van der Waals surface area contributed by atoms with Gasteiger partial charge < -0.3 is 10.1 Å². The van der Waals surface area contributed by atoms with E-state index in [1.54, 1.807) is 0 Å². The lowest BCUT2D eigenvalue weighted by atomic mass is 9.95. The summed E-state index contributed by atoms with van der Waals surface area (Å²) in [6.07, 6.45) is 0.778. The number of hydrogen-bond donors (Lipinski definition) is 1. The van der Waals surface area contributed by atoms with Gasteiger partial charge in [0.15, 0.2) is 5.81 Å². The van der Waals surface area contributed by atoms with E-state index in [0.717, 1.165) is 11.1 Å². The van der Waals surface area contributed by atoms with Crippen molar-refractivity contribution in [3.63, 3.8) is 0 Å². The first-order valence-corrected chi connectivity index (χ1v) is 5.48. The first-order chi connectivity index (χ1) is 8.56. The molecule has 1 aromatic rings. The molecule has 0 aromatic heterocycles. The van der Waals surface area contributed by atoms with Crippen molar-refractivity contribution < 1.29 is 14.3 Å². The number of nitrogens with one attached hydrogen (secondary N) is 1. The van der Waals surface area contributed by atoms with Crippen LogP contribution in [0.3, 0.4) is 0 Å². The van der Waals surface area contributed by atoms with Crippen LogP contribution in [0.1, 0.15) is 11.1 Å². The minimum Gasteiger partial charge on any atom is -0.467 e. The molecule has 0 bridgehead atoms. The molecule has 1 amide bonds. The zero-order valence-corrected chi connectivity index (χ0v) is 10.2. The number of methoxy groups -OCH3 is 1. The van der Waals surface area contributed by atoms with Crippen molar-refractivity contribution in [3.05, 3.63) is 35.4 Å². The van der Waals surface area contributed by atoms with Crippen LogP contribution in [0.25, 0.3) is 0 Å².